The first-order chi connectivity index (χ1) is 10.7. The van der Waals surface area contributed by atoms with Crippen LogP contribution in [0, 0.1) is 0 Å². The molecule has 1 unspecified atom stereocenters. The zero-order valence-corrected chi connectivity index (χ0v) is 12.4. The van der Waals surface area contributed by atoms with E-state index in [9.17, 15) is 9.90 Å². The molecule has 0 spiro atoms. The number of hydrogen-bond donors (Lipinski definition) is 3. The summed E-state index contributed by atoms with van der Waals surface area (Å²) < 4.78 is 5.27. The Morgan fingerprint density at radius 3 is 3.00 bits per heavy atom. The molecule has 0 radical (unpaired) electrons. The van der Waals surface area contributed by atoms with Crippen molar-refractivity contribution in [2.75, 3.05) is 39.4 Å². The van der Waals surface area contributed by atoms with Crippen LogP contribution in [0.5, 0.6) is 0 Å². The van der Waals surface area contributed by atoms with Crippen LogP contribution in [0.3, 0.4) is 0 Å². The highest BCUT2D eigenvalue weighted by Gasteiger charge is 2.16. The highest BCUT2D eigenvalue weighted by Crippen LogP contribution is 2.14. The number of β-amino-alcohol motifs (C(OH)–C–C–N with tert-alkyl or cyclic N) is 1. The van der Waals surface area contributed by atoms with E-state index in [4.69, 9.17) is 4.74 Å². The summed E-state index contributed by atoms with van der Waals surface area (Å²) in [4.78, 5) is 17.4. The Kier molecular flexibility index (Phi) is 4.72. The molecule has 3 N–H and O–H groups in total. The maximum absolute atomic E-state index is 12.1. The molecule has 1 aliphatic rings. The Morgan fingerprint density at radius 2 is 2.18 bits per heavy atom. The molecule has 2 aromatic rings. The Labute approximate surface area is 129 Å². The fourth-order valence-electron chi connectivity index (χ4n) is 2.65. The maximum Gasteiger partial charge on any atom is 0.251 e. The van der Waals surface area contributed by atoms with Crippen LogP contribution in [0.1, 0.15) is 10.4 Å². The maximum atomic E-state index is 12.1. The molecule has 22 heavy (non-hydrogen) atoms. The van der Waals surface area contributed by atoms with E-state index in [-0.39, 0.29) is 12.5 Å². The molecular formula is C16H21N3O3. The van der Waals surface area contributed by atoms with Crippen molar-refractivity contribution < 1.29 is 14.6 Å². The third-order valence-corrected chi connectivity index (χ3v) is 3.89. The van der Waals surface area contributed by atoms with Crippen LogP contribution in [-0.4, -0.2) is 66.4 Å². The second-order valence-electron chi connectivity index (χ2n) is 5.56. The molecule has 6 heteroatoms. The van der Waals surface area contributed by atoms with Gasteiger partial charge in [0.15, 0.2) is 0 Å². The SMILES string of the molecule is O=C(NCC(O)CN1CCOCC1)c1ccc2cc[nH]c2c1. The summed E-state index contributed by atoms with van der Waals surface area (Å²) in [5, 5.41) is 13.9. The molecule has 1 aromatic heterocycles. The first-order valence-electron chi connectivity index (χ1n) is 7.56. The molecule has 1 saturated heterocycles. The standard InChI is InChI=1S/C16H21N3O3/c20-14(11-19-5-7-22-8-6-19)10-18-16(21)13-2-1-12-3-4-17-15(12)9-13/h1-4,9,14,17,20H,5-8,10-11H2,(H,18,21). The Hall–Kier alpha value is -1.89. The van der Waals surface area contributed by atoms with E-state index in [1.54, 1.807) is 6.07 Å². The quantitative estimate of drug-likeness (QED) is 0.755. The normalized spacial score (nSPS) is 17.5. The first-order valence-corrected chi connectivity index (χ1v) is 7.56. The van der Waals surface area contributed by atoms with Gasteiger partial charge in [0.1, 0.15) is 0 Å². The number of benzene rings is 1. The largest absolute Gasteiger partial charge is 0.390 e. The molecule has 2 heterocycles. The van der Waals surface area contributed by atoms with Gasteiger partial charge in [0.25, 0.3) is 5.91 Å². The number of fused-ring (bicyclic) bond motifs is 1. The number of ether oxygens (including phenoxy) is 1. The van der Waals surface area contributed by atoms with Crippen LogP contribution in [0.25, 0.3) is 10.9 Å². The van der Waals surface area contributed by atoms with Gasteiger partial charge in [-0.1, -0.05) is 6.07 Å². The number of aliphatic hydroxyl groups excluding tert-OH is 1. The zero-order valence-electron chi connectivity index (χ0n) is 12.4. The summed E-state index contributed by atoms with van der Waals surface area (Å²) in [6.45, 7) is 3.87. The van der Waals surface area contributed by atoms with Gasteiger partial charge in [-0.25, -0.2) is 0 Å². The number of hydrogen-bond acceptors (Lipinski definition) is 4. The van der Waals surface area contributed by atoms with Crippen LogP contribution in [0.15, 0.2) is 30.5 Å². The Bertz CT molecular complexity index is 634. The van der Waals surface area contributed by atoms with Gasteiger partial charge < -0.3 is 20.1 Å². The van der Waals surface area contributed by atoms with Crippen molar-refractivity contribution in [1.29, 1.82) is 0 Å². The molecule has 1 atom stereocenters. The minimum absolute atomic E-state index is 0.169. The monoisotopic (exact) mass is 303 g/mol. The molecule has 3 rings (SSSR count). The van der Waals surface area contributed by atoms with Gasteiger partial charge in [-0.15, -0.1) is 0 Å². The predicted molar refractivity (Wildman–Crippen MR) is 83.9 cm³/mol. The van der Waals surface area contributed by atoms with Crippen molar-refractivity contribution in [1.82, 2.24) is 15.2 Å². The summed E-state index contributed by atoms with van der Waals surface area (Å²) in [5.74, 6) is -0.169. The smallest absolute Gasteiger partial charge is 0.251 e. The fourth-order valence-corrected chi connectivity index (χ4v) is 2.65. The number of aliphatic hydroxyl groups is 1. The van der Waals surface area contributed by atoms with Crippen molar-refractivity contribution in [3.8, 4) is 0 Å². The number of amides is 1. The van der Waals surface area contributed by atoms with Crippen LogP contribution in [0.4, 0.5) is 0 Å². The number of carbonyl (C=O) groups is 1. The second-order valence-corrected chi connectivity index (χ2v) is 5.56. The van der Waals surface area contributed by atoms with Gasteiger partial charge in [0.05, 0.1) is 19.3 Å². The molecular weight excluding hydrogens is 282 g/mol. The van der Waals surface area contributed by atoms with E-state index in [1.807, 2.05) is 24.4 Å². The molecule has 0 saturated carbocycles. The summed E-state index contributed by atoms with van der Waals surface area (Å²) >= 11 is 0. The zero-order chi connectivity index (χ0) is 15.4. The van der Waals surface area contributed by atoms with Crippen molar-refractivity contribution >= 4 is 16.8 Å². The van der Waals surface area contributed by atoms with Crippen LogP contribution in [-0.2, 0) is 4.74 Å². The van der Waals surface area contributed by atoms with E-state index in [0.29, 0.717) is 25.3 Å². The van der Waals surface area contributed by atoms with Gasteiger partial charge in [0.2, 0.25) is 0 Å². The number of aromatic amines is 1. The summed E-state index contributed by atoms with van der Waals surface area (Å²) in [7, 11) is 0. The van der Waals surface area contributed by atoms with E-state index >= 15 is 0 Å². The van der Waals surface area contributed by atoms with E-state index in [1.165, 1.54) is 0 Å². The number of nitrogens with one attached hydrogen (secondary N) is 2. The van der Waals surface area contributed by atoms with Crippen LogP contribution in [0.2, 0.25) is 0 Å². The minimum Gasteiger partial charge on any atom is -0.390 e. The molecule has 0 bridgehead atoms. The lowest BCUT2D eigenvalue weighted by atomic mass is 10.1. The van der Waals surface area contributed by atoms with E-state index < -0.39 is 6.10 Å². The highest BCUT2D eigenvalue weighted by molar-refractivity contribution is 5.97. The fraction of sp³-hybridized carbons (Fsp3) is 0.438. The third kappa shape index (κ3) is 3.65. The molecule has 1 amide bonds. The van der Waals surface area contributed by atoms with Crippen LogP contribution < -0.4 is 5.32 Å². The van der Waals surface area contributed by atoms with E-state index in [2.05, 4.69) is 15.2 Å². The van der Waals surface area contributed by atoms with Crippen molar-refractivity contribution in [3.63, 3.8) is 0 Å². The van der Waals surface area contributed by atoms with Crippen LogP contribution >= 0.6 is 0 Å². The average molecular weight is 303 g/mol. The Balaban J connectivity index is 1.50. The molecule has 0 aliphatic carbocycles. The predicted octanol–water partition coefficient (Wildman–Crippen LogP) is 0.591. The molecule has 118 valence electrons. The number of H-pyrrole nitrogens is 1. The number of nitrogens with zero attached hydrogens (tertiary/aromatic N) is 1. The van der Waals surface area contributed by atoms with Gasteiger partial charge in [-0.05, 0) is 23.6 Å². The van der Waals surface area contributed by atoms with Gasteiger partial charge in [-0.3, -0.25) is 9.69 Å². The number of aromatic nitrogens is 1. The molecule has 1 fully saturated rings. The average Bonchev–Trinajstić information content (AvgIpc) is 3.01. The van der Waals surface area contributed by atoms with Gasteiger partial charge >= 0.3 is 0 Å². The summed E-state index contributed by atoms with van der Waals surface area (Å²) in [6, 6.07) is 7.48. The number of carbonyl (C=O) groups excluding carboxylic acids is 1. The summed E-state index contributed by atoms with van der Waals surface area (Å²) in [5.41, 5.74) is 1.52. The third-order valence-electron chi connectivity index (χ3n) is 3.89. The first kappa shape index (κ1) is 15.0. The number of morpholine rings is 1. The van der Waals surface area contributed by atoms with Crippen molar-refractivity contribution in [2.45, 2.75) is 6.10 Å². The lowest BCUT2D eigenvalue weighted by Gasteiger charge is -2.28. The second kappa shape index (κ2) is 6.91. The Morgan fingerprint density at radius 1 is 1.36 bits per heavy atom. The topological polar surface area (TPSA) is 77.6 Å². The van der Waals surface area contributed by atoms with Crippen molar-refractivity contribution in [3.05, 3.63) is 36.0 Å². The lowest BCUT2D eigenvalue weighted by molar-refractivity contribution is 0.0149. The highest BCUT2D eigenvalue weighted by atomic mass is 16.5. The minimum atomic E-state index is -0.573. The van der Waals surface area contributed by atoms with Gasteiger partial charge in [-0.2, -0.15) is 0 Å². The lowest BCUT2D eigenvalue weighted by Crippen LogP contribution is -2.44. The van der Waals surface area contributed by atoms with Gasteiger partial charge in [0, 0.05) is 43.5 Å². The molecule has 1 aliphatic heterocycles. The molecule has 1 aromatic carbocycles. The summed E-state index contributed by atoms with van der Waals surface area (Å²) in [6.07, 6.45) is 1.27. The number of rotatable bonds is 5. The van der Waals surface area contributed by atoms with Crippen molar-refractivity contribution in [2.24, 2.45) is 0 Å². The molecule has 6 nitrogen and oxygen atoms in total. The van der Waals surface area contributed by atoms with E-state index in [0.717, 1.165) is 24.0 Å².